The number of carbonyl (C=O) groups is 1. The Bertz CT molecular complexity index is 579. The van der Waals surface area contributed by atoms with Crippen LogP contribution in [0.15, 0.2) is 24.3 Å². The zero-order chi connectivity index (χ0) is 18.0. The monoisotopic (exact) mass is 359 g/mol. The Balaban J connectivity index is 2.07. The second kappa shape index (κ2) is 7.26. The SMILES string of the molecule is CC(C)(C)OC(=O)N1CCC(Cc2ccccc2Cl)(C(F)F)CC1. The number of hydrogen-bond acceptors (Lipinski definition) is 2. The summed E-state index contributed by atoms with van der Waals surface area (Å²) in [4.78, 5) is 13.6. The number of hydrogen-bond donors (Lipinski definition) is 0. The van der Waals surface area contributed by atoms with E-state index in [0.717, 1.165) is 5.56 Å². The first-order valence-electron chi connectivity index (χ1n) is 8.12. The number of nitrogens with zero attached hydrogens (tertiary/aromatic N) is 1. The van der Waals surface area contributed by atoms with Crippen LogP contribution in [0.1, 0.15) is 39.2 Å². The first kappa shape index (κ1) is 19.0. The van der Waals surface area contributed by atoms with Crippen molar-refractivity contribution in [3.63, 3.8) is 0 Å². The summed E-state index contributed by atoms with van der Waals surface area (Å²) in [5, 5.41) is 0.507. The van der Waals surface area contributed by atoms with Crippen LogP contribution >= 0.6 is 11.6 Å². The molecule has 6 heteroatoms. The molecule has 2 rings (SSSR count). The van der Waals surface area contributed by atoms with Gasteiger partial charge in [-0.05, 0) is 51.7 Å². The highest BCUT2D eigenvalue weighted by Crippen LogP contribution is 2.42. The van der Waals surface area contributed by atoms with Crippen LogP contribution in [0.4, 0.5) is 13.6 Å². The van der Waals surface area contributed by atoms with E-state index >= 15 is 0 Å². The van der Waals surface area contributed by atoms with Crippen LogP contribution in [0.5, 0.6) is 0 Å². The maximum absolute atomic E-state index is 13.8. The van der Waals surface area contributed by atoms with Crippen LogP contribution < -0.4 is 0 Å². The largest absolute Gasteiger partial charge is 0.444 e. The minimum absolute atomic E-state index is 0.215. The Morgan fingerprint density at radius 2 is 1.88 bits per heavy atom. The first-order valence-corrected chi connectivity index (χ1v) is 8.50. The molecular formula is C18H24ClF2NO2. The molecule has 0 atom stereocenters. The molecule has 0 radical (unpaired) electrons. The number of likely N-dealkylation sites (tertiary alicyclic amines) is 1. The van der Waals surface area contributed by atoms with Gasteiger partial charge in [-0.1, -0.05) is 29.8 Å². The number of rotatable bonds is 3. The fourth-order valence-corrected chi connectivity index (χ4v) is 3.16. The molecule has 134 valence electrons. The summed E-state index contributed by atoms with van der Waals surface area (Å²) in [7, 11) is 0. The fourth-order valence-electron chi connectivity index (χ4n) is 2.95. The zero-order valence-electron chi connectivity index (χ0n) is 14.3. The maximum Gasteiger partial charge on any atom is 0.410 e. The predicted molar refractivity (Wildman–Crippen MR) is 90.6 cm³/mol. The Labute approximate surface area is 146 Å². The van der Waals surface area contributed by atoms with Crippen LogP contribution in [0.3, 0.4) is 0 Å². The molecule has 0 unspecified atom stereocenters. The van der Waals surface area contributed by atoms with Crippen molar-refractivity contribution < 1.29 is 18.3 Å². The van der Waals surface area contributed by atoms with E-state index in [4.69, 9.17) is 16.3 Å². The Morgan fingerprint density at radius 3 is 2.38 bits per heavy atom. The highest BCUT2D eigenvalue weighted by Gasteiger charge is 2.44. The molecule has 3 nitrogen and oxygen atoms in total. The van der Waals surface area contributed by atoms with Crippen molar-refractivity contribution in [2.24, 2.45) is 5.41 Å². The standard InChI is InChI=1S/C18H24ClF2NO2/c1-17(2,3)24-16(23)22-10-8-18(9-11-22,15(20)21)12-13-6-4-5-7-14(13)19/h4-7,15H,8-12H2,1-3H3. The lowest BCUT2D eigenvalue weighted by Gasteiger charge is -2.41. The van der Waals surface area contributed by atoms with Crippen molar-refractivity contribution >= 4 is 17.7 Å². The number of carbonyl (C=O) groups excluding carboxylic acids is 1. The molecule has 0 N–H and O–H groups in total. The lowest BCUT2D eigenvalue weighted by Crippen LogP contribution is -2.48. The third-order valence-corrected chi connectivity index (χ3v) is 4.74. The van der Waals surface area contributed by atoms with Gasteiger partial charge in [0.1, 0.15) is 5.60 Å². The maximum atomic E-state index is 13.8. The molecule has 0 bridgehead atoms. The second-order valence-electron chi connectivity index (χ2n) is 7.40. The van der Waals surface area contributed by atoms with Gasteiger partial charge < -0.3 is 9.64 Å². The van der Waals surface area contributed by atoms with Gasteiger partial charge in [-0.15, -0.1) is 0 Å². The molecular weight excluding hydrogens is 336 g/mol. The molecule has 1 fully saturated rings. The van der Waals surface area contributed by atoms with Crippen molar-refractivity contribution in [3.05, 3.63) is 34.9 Å². The highest BCUT2D eigenvalue weighted by atomic mass is 35.5. The van der Waals surface area contributed by atoms with E-state index in [-0.39, 0.29) is 32.4 Å². The van der Waals surface area contributed by atoms with Gasteiger partial charge in [0.05, 0.1) is 0 Å². The minimum Gasteiger partial charge on any atom is -0.444 e. The van der Waals surface area contributed by atoms with Crippen molar-refractivity contribution in [1.29, 1.82) is 0 Å². The van der Waals surface area contributed by atoms with Crippen molar-refractivity contribution in [1.82, 2.24) is 4.90 Å². The van der Waals surface area contributed by atoms with E-state index < -0.39 is 23.5 Å². The number of amides is 1. The summed E-state index contributed by atoms with van der Waals surface area (Å²) in [6.45, 7) is 5.90. The van der Waals surface area contributed by atoms with Gasteiger partial charge in [-0.25, -0.2) is 13.6 Å². The molecule has 0 aliphatic carbocycles. The van der Waals surface area contributed by atoms with E-state index in [1.165, 1.54) is 4.90 Å². The summed E-state index contributed by atoms with van der Waals surface area (Å²) in [5.74, 6) is 0. The smallest absolute Gasteiger partial charge is 0.410 e. The van der Waals surface area contributed by atoms with Crippen LogP contribution in [0.2, 0.25) is 5.02 Å². The first-order chi connectivity index (χ1) is 11.1. The van der Waals surface area contributed by atoms with Gasteiger partial charge in [-0.2, -0.15) is 0 Å². The molecule has 1 aliphatic heterocycles. The van der Waals surface area contributed by atoms with Gasteiger partial charge in [0.25, 0.3) is 0 Å². The van der Waals surface area contributed by atoms with Crippen molar-refractivity contribution in [2.45, 2.75) is 52.1 Å². The number of piperidine rings is 1. The lowest BCUT2D eigenvalue weighted by molar-refractivity contribution is -0.0522. The molecule has 1 aliphatic rings. The van der Waals surface area contributed by atoms with E-state index in [0.29, 0.717) is 5.02 Å². The highest BCUT2D eigenvalue weighted by molar-refractivity contribution is 6.31. The van der Waals surface area contributed by atoms with Gasteiger partial charge in [0, 0.05) is 23.5 Å². The van der Waals surface area contributed by atoms with E-state index in [9.17, 15) is 13.6 Å². The third-order valence-electron chi connectivity index (χ3n) is 4.37. The van der Waals surface area contributed by atoms with E-state index in [2.05, 4.69) is 0 Å². The summed E-state index contributed by atoms with van der Waals surface area (Å²) in [5.41, 5.74) is -1.01. The van der Waals surface area contributed by atoms with Gasteiger partial charge in [0.2, 0.25) is 6.43 Å². The Kier molecular flexibility index (Phi) is 5.74. The van der Waals surface area contributed by atoms with Crippen molar-refractivity contribution in [2.75, 3.05) is 13.1 Å². The predicted octanol–water partition coefficient (Wildman–Crippen LogP) is 5.16. The van der Waals surface area contributed by atoms with Gasteiger partial charge >= 0.3 is 6.09 Å². The summed E-state index contributed by atoms with van der Waals surface area (Å²) in [6, 6.07) is 7.08. The Morgan fingerprint density at radius 1 is 1.29 bits per heavy atom. The van der Waals surface area contributed by atoms with Crippen LogP contribution in [-0.4, -0.2) is 36.1 Å². The molecule has 1 heterocycles. The van der Waals surface area contributed by atoms with E-state index in [1.54, 1.807) is 45.0 Å². The average molecular weight is 360 g/mol. The van der Waals surface area contributed by atoms with Gasteiger partial charge in [0.15, 0.2) is 0 Å². The summed E-state index contributed by atoms with van der Waals surface area (Å²) in [6.07, 6.45) is -2.23. The fraction of sp³-hybridized carbons (Fsp3) is 0.611. The zero-order valence-corrected chi connectivity index (χ0v) is 15.1. The number of halogens is 3. The van der Waals surface area contributed by atoms with Gasteiger partial charge in [-0.3, -0.25) is 0 Å². The topological polar surface area (TPSA) is 29.5 Å². The number of benzene rings is 1. The average Bonchev–Trinajstić information content (AvgIpc) is 2.48. The van der Waals surface area contributed by atoms with E-state index in [1.807, 2.05) is 0 Å². The Hall–Kier alpha value is -1.36. The summed E-state index contributed by atoms with van der Waals surface area (Å²) < 4.78 is 33.0. The molecule has 0 saturated carbocycles. The molecule has 0 aromatic heterocycles. The number of alkyl halides is 2. The molecule has 1 amide bonds. The molecule has 1 aromatic carbocycles. The lowest BCUT2D eigenvalue weighted by atomic mass is 9.74. The van der Waals surface area contributed by atoms with Crippen molar-refractivity contribution in [3.8, 4) is 0 Å². The van der Waals surface area contributed by atoms with Crippen LogP contribution in [0.25, 0.3) is 0 Å². The minimum atomic E-state index is -2.46. The third kappa shape index (κ3) is 4.59. The quantitative estimate of drug-likeness (QED) is 0.745. The normalized spacial score (nSPS) is 17.9. The molecule has 1 saturated heterocycles. The molecule has 24 heavy (non-hydrogen) atoms. The molecule has 1 aromatic rings. The van der Waals surface area contributed by atoms with Crippen LogP contribution in [-0.2, 0) is 11.2 Å². The van der Waals surface area contributed by atoms with Crippen LogP contribution in [0, 0.1) is 5.41 Å². The molecule has 0 spiro atoms. The number of ether oxygens (including phenoxy) is 1. The second-order valence-corrected chi connectivity index (χ2v) is 7.81. The summed E-state index contributed by atoms with van der Waals surface area (Å²) >= 11 is 6.13.